The Bertz CT molecular complexity index is 719. The maximum Gasteiger partial charge on any atom is 0.356 e. The summed E-state index contributed by atoms with van der Waals surface area (Å²) in [5.74, 6) is -1.35. The summed E-state index contributed by atoms with van der Waals surface area (Å²) in [5, 5.41) is 20.0. The molecule has 2 aromatic rings. The Morgan fingerprint density at radius 2 is 2.09 bits per heavy atom. The maximum atomic E-state index is 12.3. The molecule has 0 aromatic carbocycles. The molecule has 2 aromatic heterocycles. The van der Waals surface area contributed by atoms with E-state index < -0.39 is 12.0 Å². The van der Waals surface area contributed by atoms with E-state index in [4.69, 9.17) is 5.11 Å². The van der Waals surface area contributed by atoms with Crippen molar-refractivity contribution in [1.82, 2.24) is 24.9 Å². The van der Waals surface area contributed by atoms with Gasteiger partial charge in [0.25, 0.3) is 0 Å². The summed E-state index contributed by atoms with van der Waals surface area (Å²) in [4.78, 5) is 23.2. The molecule has 2 rings (SSSR count). The van der Waals surface area contributed by atoms with Crippen molar-refractivity contribution in [2.75, 3.05) is 0 Å². The Hall–Kier alpha value is -2.64. The van der Waals surface area contributed by atoms with Gasteiger partial charge in [-0.2, -0.15) is 10.2 Å². The second-order valence-corrected chi connectivity index (χ2v) is 5.39. The zero-order valence-electron chi connectivity index (χ0n) is 13.6. The lowest BCUT2D eigenvalue weighted by atomic mass is 10.1. The molecule has 124 valence electrons. The van der Waals surface area contributed by atoms with Crippen LogP contribution in [0.5, 0.6) is 0 Å². The number of hydrogen-bond donors (Lipinski definition) is 2. The Morgan fingerprint density at radius 1 is 1.39 bits per heavy atom. The van der Waals surface area contributed by atoms with Gasteiger partial charge in [0.2, 0.25) is 5.91 Å². The second-order valence-electron chi connectivity index (χ2n) is 5.39. The molecule has 0 aliphatic carbocycles. The first-order valence-electron chi connectivity index (χ1n) is 7.46. The fraction of sp³-hybridized carbons (Fsp3) is 0.467. The van der Waals surface area contributed by atoms with Crippen molar-refractivity contribution in [2.45, 2.75) is 46.3 Å². The zero-order valence-corrected chi connectivity index (χ0v) is 13.6. The molecule has 0 aliphatic rings. The highest BCUT2D eigenvalue weighted by Gasteiger charge is 2.21. The van der Waals surface area contributed by atoms with E-state index in [0.717, 1.165) is 17.8 Å². The molecule has 2 unspecified atom stereocenters. The van der Waals surface area contributed by atoms with E-state index in [1.165, 1.54) is 16.9 Å². The third-order valence-electron chi connectivity index (χ3n) is 3.87. The zero-order chi connectivity index (χ0) is 17.1. The van der Waals surface area contributed by atoms with Gasteiger partial charge in [-0.1, -0.05) is 0 Å². The third kappa shape index (κ3) is 3.41. The molecule has 1 amide bonds. The SMILES string of the molecule is CCn1ncc(C(C)NC(=O)C(C)n2ccc(C(=O)O)n2)c1C. The molecule has 8 heteroatoms. The van der Waals surface area contributed by atoms with E-state index in [2.05, 4.69) is 15.5 Å². The van der Waals surface area contributed by atoms with Gasteiger partial charge >= 0.3 is 5.97 Å². The number of carbonyl (C=O) groups excluding carboxylic acids is 1. The average molecular weight is 319 g/mol. The fourth-order valence-electron chi connectivity index (χ4n) is 2.40. The molecule has 0 aliphatic heterocycles. The molecule has 0 saturated heterocycles. The first kappa shape index (κ1) is 16.7. The first-order chi connectivity index (χ1) is 10.8. The molecule has 23 heavy (non-hydrogen) atoms. The van der Waals surface area contributed by atoms with Crippen LogP contribution in [-0.4, -0.2) is 36.5 Å². The van der Waals surface area contributed by atoms with Gasteiger partial charge in [-0.05, 0) is 33.8 Å². The molecule has 8 nitrogen and oxygen atoms in total. The normalized spacial score (nSPS) is 13.6. The molecule has 2 atom stereocenters. The highest BCUT2D eigenvalue weighted by atomic mass is 16.4. The minimum atomic E-state index is -1.12. The number of hydrogen-bond acceptors (Lipinski definition) is 4. The summed E-state index contributed by atoms with van der Waals surface area (Å²) in [6.07, 6.45) is 3.24. The number of carboxylic acid groups (broad SMARTS) is 1. The summed E-state index contributed by atoms with van der Waals surface area (Å²) < 4.78 is 3.21. The lowest BCUT2D eigenvalue weighted by molar-refractivity contribution is -0.124. The predicted molar refractivity (Wildman–Crippen MR) is 83.1 cm³/mol. The van der Waals surface area contributed by atoms with E-state index in [-0.39, 0.29) is 17.6 Å². The van der Waals surface area contributed by atoms with Crippen molar-refractivity contribution < 1.29 is 14.7 Å². The standard InChI is InChI=1S/C15H21N5O3/c1-5-19-10(3)12(8-16-19)9(2)17-14(21)11(4)20-7-6-13(18-20)15(22)23/h6-9,11H,5H2,1-4H3,(H,17,21)(H,22,23). The van der Waals surface area contributed by atoms with Crippen LogP contribution in [0.1, 0.15) is 54.6 Å². The summed E-state index contributed by atoms with van der Waals surface area (Å²) in [6.45, 7) is 8.30. The van der Waals surface area contributed by atoms with E-state index in [1.54, 1.807) is 13.1 Å². The van der Waals surface area contributed by atoms with Crippen LogP contribution < -0.4 is 5.32 Å². The number of nitrogens with one attached hydrogen (secondary N) is 1. The Labute approximate surface area is 134 Å². The monoisotopic (exact) mass is 319 g/mol. The topological polar surface area (TPSA) is 102 Å². The largest absolute Gasteiger partial charge is 0.476 e. The van der Waals surface area contributed by atoms with Crippen molar-refractivity contribution in [3.05, 3.63) is 35.4 Å². The van der Waals surface area contributed by atoms with Crippen LogP contribution in [0.2, 0.25) is 0 Å². The summed E-state index contributed by atoms with van der Waals surface area (Å²) in [7, 11) is 0. The van der Waals surface area contributed by atoms with Gasteiger partial charge in [0.15, 0.2) is 5.69 Å². The highest BCUT2D eigenvalue weighted by molar-refractivity contribution is 5.85. The van der Waals surface area contributed by atoms with E-state index in [0.29, 0.717) is 0 Å². The highest BCUT2D eigenvalue weighted by Crippen LogP contribution is 2.18. The molecule has 2 N–H and O–H groups in total. The summed E-state index contributed by atoms with van der Waals surface area (Å²) in [6, 6.07) is 0.567. The molecule has 0 bridgehead atoms. The van der Waals surface area contributed by atoms with Crippen LogP contribution in [-0.2, 0) is 11.3 Å². The summed E-state index contributed by atoms with van der Waals surface area (Å²) >= 11 is 0. The van der Waals surface area contributed by atoms with Crippen LogP contribution in [0, 0.1) is 6.92 Å². The minimum Gasteiger partial charge on any atom is -0.476 e. The summed E-state index contributed by atoms with van der Waals surface area (Å²) in [5.41, 5.74) is 1.89. The smallest absolute Gasteiger partial charge is 0.356 e. The number of aryl methyl sites for hydroxylation is 1. The Balaban J connectivity index is 2.07. The van der Waals surface area contributed by atoms with Gasteiger partial charge in [0.05, 0.1) is 12.2 Å². The van der Waals surface area contributed by atoms with Crippen LogP contribution in [0.4, 0.5) is 0 Å². The molecule has 0 fully saturated rings. The first-order valence-corrected chi connectivity index (χ1v) is 7.46. The number of carbonyl (C=O) groups is 2. The van der Waals surface area contributed by atoms with Crippen LogP contribution in [0.25, 0.3) is 0 Å². The lowest BCUT2D eigenvalue weighted by Crippen LogP contribution is -2.33. The number of aromatic nitrogens is 4. The minimum absolute atomic E-state index is 0.0854. The van der Waals surface area contributed by atoms with E-state index >= 15 is 0 Å². The molecule has 2 heterocycles. The number of aromatic carboxylic acids is 1. The van der Waals surface area contributed by atoms with Crippen LogP contribution in [0.15, 0.2) is 18.5 Å². The van der Waals surface area contributed by atoms with E-state index in [1.807, 2.05) is 25.5 Å². The van der Waals surface area contributed by atoms with Crippen molar-refractivity contribution in [2.24, 2.45) is 0 Å². The Morgan fingerprint density at radius 3 is 2.61 bits per heavy atom. The number of carboxylic acids is 1. The van der Waals surface area contributed by atoms with Gasteiger partial charge in [0, 0.05) is 24.0 Å². The van der Waals surface area contributed by atoms with Crippen molar-refractivity contribution in [3.8, 4) is 0 Å². The maximum absolute atomic E-state index is 12.3. The van der Waals surface area contributed by atoms with Gasteiger partial charge < -0.3 is 10.4 Å². The predicted octanol–water partition coefficient (Wildman–Crippen LogP) is 1.54. The number of nitrogens with zero attached hydrogens (tertiary/aromatic N) is 4. The third-order valence-corrected chi connectivity index (χ3v) is 3.87. The number of rotatable bonds is 6. The van der Waals surface area contributed by atoms with Crippen LogP contribution in [0.3, 0.4) is 0 Å². The van der Waals surface area contributed by atoms with Gasteiger partial charge in [-0.3, -0.25) is 14.2 Å². The molecule has 0 saturated carbocycles. The fourth-order valence-corrected chi connectivity index (χ4v) is 2.40. The lowest BCUT2D eigenvalue weighted by Gasteiger charge is -2.18. The van der Waals surface area contributed by atoms with Crippen molar-refractivity contribution >= 4 is 11.9 Å². The van der Waals surface area contributed by atoms with Gasteiger partial charge in [-0.25, -0.2) is 4.79 Å². The molecule has 0 radical (unpaired) electrons. The Kier molecular flexibility index (Phi) is 4.83. The molecule has 0 spiro atoms. The quantitative estimate of drug-likeness (QED) is 0.841. The molecular formula is C15H21N5O3. The average Bonchev–Trinajstić information content (AvgIpc) is 3.12. The second kappa shape index (κ2) is 6.64. The van der Waals surface area contributed by atoms with E-state index in [9.17, 15) is 9.59 Å². The van der Waals surface area contributed by atoms with Crippen molar-refractivity contribution in [3.63, 3.8) is 0 Å². The van der Waals surface area contributed by atoms with Gasteiger partial charge in [0.1, 0.15) is 6.04 Å². The van der Waals surface area contributed by atoms with Gasteiger partial charge in [-0.15, -0.1) is 0 Å². The number of amides is 1. The molecular weight excluding hydrogens is 298 g/mol. The van der Waals surface area contributed by atoms with Crippen molar-refractivity contribution in [1.29, 1.82) is 0 Å². The van der Waals surface area contributed by atoms with Crippen LogP contribution >= 0.6 is 0 Å².